The Morgan fingerprint density at radius 2 is 1.42 bits per heavy atom. The van der Waals surface area contributed by atoms with Gasteiger partial charge in [0.2, 0.25) is 29.0 Å². The van der Waals surface area contributed by atoms with Crippen LogP contribution in [-0.4, -0.2) is 109 Å². The van der Waals surface area contributed by atoms with E-state index in [9.17, 15) is 40.2 Å². The van der Waals surface area contributed by atoms with Gasteiger partial charge in [0.25, 0.3) is 0 Å². The third-order valence-electron chi connectivity index (χ3n) is 8.10. The second-order valence-electron chi connectivity index (χ2n) is 11.2. The van der Waals surface area contributed by atoms with Gasteiger partial charge in [-0.2, -0.15) is 0 Å². The molecule has 1 aliphatic rings. The third kappa shape index (κ3) is 7.15. The van der Waals surface area contributed by atoms with Crippen molar-refractivity contribution in [2.45, 2.75) is 30.7 Å². The van der Waals surface area contributed by atoms with Gasteiger partial charge in [0.15, 0.2) is 40.3 Å². The fourth-order valence-electron chi connectivity index (χ4n) is 5.43. The molecule has 0 aliphatic carbocycles. The summed E-state index contributed by atoms with van der Waals surface area (Å²) in [5.74, 6) is -2.88. The maximum absolute atomic E-state index is 13.5. The van der Waals surface area contributed by atoms with E-state index >= 15 is 0 Å². The highest BCUT2D eigenvalue weighted by Crippen LogP contribution is 2.45. The van der Waals surface area contributed by atoms with Gasteiger partial charge in [0, 0.05) is 17.7 Å². The van der Waals surface area contributed by atoms with E-state index in [2.05, 4.69) is 0 Å². The van der Waals surface area contributed by atoms with Crippen LogP contribution in [0.5, 0.6) is 51.7 Å². The molecule has 52 heavy (non-hydrogen) atoms. The zero-order valence-electron chi connectivity index (χ0n) is 28.4. The second-order valence-corrected chi connectivity index (χ2v) is 11.2. The molecule has 278 valence electrons. The molecule has 2 heterocycles. The van der Waals surface area contributed by atoms with Crippen molar-refractivity contribution < 1.29 is 77.7 Å². The van der Waals surface area contributed by atoms with Gasteiger partial charge in [0.05, 0.1) is 35.5 Å². The van der Waals surface area contributed by atoms with Crippen molar-refractivity contribution in [3.63, 3.8) is 0 Å². The molecule has 0 bridgehead atoms. The van der Waals surface area contributed by atoms with Gasteiger partial charge in [-0.1, -0.05) is 0 Å². The Labute approximate surface area is 294 Å². The van der Waals surface area contributed by atoms with Gasteiger partial charge in [-0.3, -0.25) is 4.79 Å². The summed E-state index contributed by atoms with van der Waals surface area (Å²) in [5.41, 5.74) is -0.412. The number of hydrogen-bond donors (Lipinski definition) is 6. The normalized spacial score (nSPS) is 20.0. The van der Waals surface area contributed by atoms with E-state index in [1.807, 2.05) is 0 Å². The van der Waals surface area contributed by atoms with E-state index < -0.39 is 54.5 Å². The number of ether oxygens (including phenoxy) is 8. The van der Waals surface area contributed by atoms with Gasteiger partial charge in [-0.25, -0.2) is 4.79 Å². The Morgan fingerprint density at radius 3 is 2.02 bits per heavy atom. The molecule has 1 aromatic heterocycles. The molecule has 0 radical (unpaired) electrons. The van der Waals surface area contributed by atoms with Crippen LogP contribution in [0.4, 0.5) is 0 Å². The molecular formula is C35H36O17. The SMILES string of the molecule is COc1ccc(-c2oc3cc(O[C@@H]4O[C@H](COC(=O)/C=C/c5cc(OC)c(O)c(OC)c5)[C@@H](O)[C@H](O)[C@H]4O)c(OC)c(O)c3c(=O)c2OC)cc1O. The molecule has 3 aromatic carbocycles. The van der Waals surface area contributed by atoms with E-state index in [0.717, 1.165) is 19.3 Å². The number of aliphatic hydroxyl groups excluding tert-OH is 3. The van der Waals surface area contributed by atoms with Gasteiger partial charge >= 0.3 is 5.97 Å². The highest BCUT2D eigenvalue weighted by Gasteiger charge is 2.46. The first-order valence-corrected chi connectivity index (χ1v) is 15.4. The standard InChI is InChI=1S/C35H36O17/c1-44-18-8-7-16(12-17(18)36)32-34(48-5)29(41)25-19(50-32)13-22(33(47-4)28(25)40)51-35-31(43)30(42)27(39)23(52-35)14-49-24(37)9-6-15-10-20(45-2)26(38)21(11-15)46-3/h6-13,23,27,30-31,35-36,38-40,42-43H,14H2,1-5H3/b9-6+/t23-,27-,30+,31-,35-/m1/s1. The molecule has 1 aliphatic heterocycles. The van der Waals surface area contributed by atoms with Crippen molar-refractivity contribution in [3.05, 3.63) is 58.3 Å². The molecule has 5 rings (SSSR count). The van der Waals surface area contributed by atoms with Crippen LogP contribution in [0.15, 0.2) is 51.7 Å². The molecule has 17 heteroatoms. The fraction of sp³-hybridized carbons (Fsp3) is 0.314. The summed E-state index contributed by atoms with van der Waals surface area (Å²) < 4.78 is 48.5. The van der Waals surface area contributed by atoms with Crippen LogP contribution in [0.25, 0.3) is 28.4 Å². The Hall–Kier alpha value is -5.88. The molecule has 17 nitrogen and oxygen atoms in total. The first-order valence-electron chi connectivity index (χ1n) is 15.4. The number of aromatic hydroxyl groups is 3. The summed E-state index contributed by atoms with van der Waals surface area (Å²) in [6, 6.07) is 8.25. The zero-order valence-corrected chi connectivity index (χ0v) is 28.4. The van der Waals surface area contributed by atoms with Crippen LogP contribution in [0.2, 0.25) is 0 Å². The lowest BCUT2D eigenvalue weighted by atomic mass is 9.99. The minimum atomic E-state index is -1.87. The first-order chi connectivity index (χ1) is 24.9. The van der Waals surface area contributed by atoms with Gasteiger partial charge in [-0.05, 0) is 42.0 Å². The van der Waals surface area contributed by atoms with Crippen LogP contribution in [-0.2, 0) is 14.3 Å². The van der Waals surface area contributed by atoms with Crippen LogP contribution in [0, 0.1) is 0 Å². The van der Waals surface area contributed by atoms with E-state index in [1.165, 1.54) is 64.8 Å². The number of fused-ring (bicyclic) bond motifs is 1. The van der Waals surface area contributed by atoms with Gasteiger partial charge in [0.1, 0.15) is 42.0 Å². The molecule has 0 spiro atoms. The average molecular weight is 729 g/mol. The molecule has 6 N–H and O–H groups in total. The quantitative estimate of drug-likeness (QED) is 0.0903. The van der Waals surface area contributed by atoms with Crippen molar-refractivity contribution in [2.75, 3.05) is 42.2 Å². The smallest absolute Gasteiger partial charge is 0.330 e. The van der Waals surface area contributed by atoms with Gasteiger partial charge < -0.3 is 73.0 Å². The van der Waals surface area contributed by atoms with Crippen LogP contribution in [0.1, 0.15) is 5.56 Å². The van der Waals surface area contributed by atoms with Crippen molar-refractivity contribution in [1.29, 1.82) is 0 Å². The number of phenolic OH excluding ortho intramolecular Hbond substituents is 3. The van der Waals surface area contributed by atoms with Crippen LogP contribution < -0.4 is 33.8 Å². The van der Waals surface area contributed by atoms with Crippen LogP contribution >= 0.6 is 0 Å². The molecule has 4 aromatic rings. The Bertz CT molecular complexity index is 2010. The van der Waals surface area contributed by atoms with E-state index in [-0.39, 0.29) is 68.3 Å². The van der Waals surface area contributed by atoms with Crippen molar-refractivity contribution in [3.8, 4) is 63.1 Å². The van der Waals surface area contributed by atoms with E-state index in [4.69, 9.17) is 42.3 Å². The average Bonchev–Trinajstić information content (AvgIpc) is 3.13. The summed E-state index contributed by atoms with van der Waals surface area (Å²) in [5, 5.41) is 63.2. The number of carbonyl (C=O) groups is 1. The number of methoxy groups -OCH3 is 5. The largest absolute Gasteiger partial charge is 0.504 e. The van der Waals surface area contributed by atoms with Crippen LogP contribution in [0.3, 0.4) is 0 Å². The molecule has 5 atom stereocenters. The summed E-state index contributed by atoms with van der Waals surface area (Å²) in [6.45, 7) is -0.608. The molecule has 0 unspecified atom stereocenters. The van der Waals surface area contributed by atoms with Crippen molar-refractivity contribution in [2.24, 2.45) is 0 Å². The van der Waals surface area contributed by atoms with Crippen molar-refractivity contribution >= 4 is 23.0 Å². The lowest BCUT2D eigenvalue weighted by Crippen LogP contribution is -2.60. The summed E-state index contributed by atoms with van der Waals surface area (Å²) in [7, 11) is 6.42. The number of aliphatic hydroxyl groups is 3. The predicted molar refractivity (Wildman–Crippen MR) is 179 cm³/mol. The second kappa shape index (κ2) is 15.6. The Kier molecular flexibility index (Phi) is 11.2. The van der Waals surface area contributed by atoms with E-state index in [0.29, 0.717) is 5.56 Å². The van der Waals surface area contributed by atoms with Crippen molar-refractivity contribution in [1.82, 2.24) is 0 Å². The Balaban J connectivity index is 1.40. The maximum Gasteiger partial charge on any atom is 0.330 e. The predicted octanol–water partition coefficient (Wildman–Crippen LogP) is 2.06. The monoisotopic (exact) mass is 728 g/mol. The number of hydrogen-bond acceptors (Lipinski definition) is 17. The zero-order chi connectivity index (χ0) is 37.9. The first kappa shape index (κ1) is 37.4. The number of phenols is 3. The summed E-state index contributed by atoms with van der Waals surface area (Å²) in [4.78, 5) is 26.1. The molecule has 1 saturated heterocycles. The highest BCUT2D eigenvalue weighted by atomic mass is 16.7. The lowest BCUT2D eigenvalue weighted by molar-refractivity contribution is -0.278. The topological polar surface area (TPSA) is 242 Å². The summed E-state index contributed by atoms with van der Waals surface area (Å²) >= 11 is 0. The number of carbonyl (C=O) groups excluding carboxylic acids is 1. The third-order valence-corrected chi connectivity index (χ3v) is 8.10. The lowest BCUT2D eigenvalue weighted by Gasteiger charge is -2.40. The molecule has 0 amide bonds. The molecule has 0 saturated carbocycles. The number of benzene rings is 3. The molecule has 1 fully saturated rings. The minimum Gasteiger partial charge on any atom is -0.504 e. The Morgan fingerprint density at radius 1 is 0.769 bits per heavy atom. The van der Waals surface area contributed by atoms with E-state index in [1.54, 1.807) is 0 Å². The number of rotatable bonds is 12. The fourth-order valence-corrected chi connectivity index (χ4v) is 5.43. The number of esters is 1. The summed E-state index contributed by atoms with van der Waals surface area (Å²) in [6.07, 6.45) is -6.24. The highest BCUT2D eigenvalue weighted by molar-refractivity contribution is 5.91. The van der Waals surface area contributed by atoms with Gasteiger partial charge in [-0.15, -0.1) is 0 Å². The minimum absolute atomic E-state index is 0.0980. The molecular weight excluding hydrogens is 692 g/mol. The maximum atomic E-state index is 13.5.